The van der Waals surface area contributed by atoms with E-state index in [1.54, 1.807) is 0 Å². The number of hydrogen-bond acceptors (Lipinski definition) is 2. The summed E-state index contributed by atoms with van der Waals surface area (Å²) in [7, 11) is 0. The fourth-order valence-electron chi connectivity index (χ4n) is 5.66. The van der Waals surface area contributed by atoms with Crippen molar-refractivity contribution in [1.29, 1.82) is 0 Å². The number of nitrogens with zero attached hydrogens (tertiary/aromatic N) is 3. The van der Waals surface area contributed by atoms with Crippen molar-refractivity contribution in [2.75, 3.05) is 0 Å². The van der Waals surface area contributed by atoms with Crippen LogP contribution in [0.25, 0.3) is 10.4 Å². The lowest BCUT2D eigenvalue weighted by Crippen LogP contribution is -2.63. The molecule has 1 N–H and O–H groups in total. The monoisotopic (exact) mass is 317 g/mol. The molecule has 0 aliphatic heterocycles. The Morgan fingerprint density at radius 1 is 1.27 bits per heavy atom. The van der Waals surface area contributed by atoms with E-state index in [1.807, 2.05) is 30.3 Å². The van der Waals surface area contributed by atoms with Gasteiger partial charge in [-0.2, -0.15) is 0 Å². The van der Waals surface area contributed by atoms with Gasteiger partial charge < -0.3 is 5.11 Å². The van der Waals surface area contributed by atoms with Crippen LogP contribution in [-0.4, -0.2) is 15.6 Å². The highest BCUT2D eigenvalue weighted by Crippen LogP contribution is 2.65. The Hall–Kier alpha value is -1.22. The summed E-state index contributed by atoms with van der Waals surface area (Å²) in [5, 5.41) is 15.4. The summed E-state index contributed by atoms with van der Waals surface area (Å²) in [6, 6.07) is 9.54. The molecule has 22 heavy (non-hydrogen) atoms. The Bertz CT molecular complexity index is 632. The summed E-state index contributed by atoms with van der Waals surface area (Å²) in [6.45, 7) is 0. The first kappa shape index (κ1) is 14.4. The zero-order chi connectivity index (χ0) is 15.4. The average molecular weight is 318 g/mol. The molecule has 4 aliphatic rings. The van der Waals surface area contributed by atoms with E-state index < -0.39 is 5.60 Å². The molecule has 0 heterocycles. The van der Waals surface area contributed by atoms with Crippen molar-refractivity contribution >= 4 is 11.6 Å². The van der Waals surface area contributed by atoms with E-state index in [4.69, 9.17) is 17.1 Å². The van der Waals surface area contributed by atoms with Crippen LogP contribution in [0, 0.1) is 17.8 Å². The van der Waals surface area contributed by atoms with E-state index >= 15 is 0 Å². The summed E-state index contributed by atoms with van der Waals surface area (Å²) in [4.78, 5) is 2.83. The first-order valence-corrected chi connectivity index (χ1v) is 8.41. The van der Waals surface area contributed by atoms with Gasteiger partial charge >= 0.3 is 0 Å². The molecule has 6 atom stereocenters. The zero-order valence-corrected chi connectivity index (χ0v) is 13.2. The molecule has 6 unspecified atom stereocenters. The largest absolute Gasteiger partial charge is 0.389 e. The Morgan fingerprint density at radius 3 is 2.68 bits per heavy atom. The number of aliphatic hydroxyl groups is 1. The van der Waals surface area contributed by atoms with Crippen LogP contribution in [0.3, 0.4) is 0 Å². The molecular formula is C17H20ClN3O. The topological polar surface area (TPSA) is 69.0 Å². The molecule has 0 radical (unpaired) electrons. The Labute approximate surface area is 135 Å². The molecule has 4 nitrogen and oxygen atoms in total. The summed E-state index contributed by atoms with van der Waals surface area (Å²) >= 11 is 6.75. The lowest BCUT2D eigenvalue weighted by molar-refractivity contribution is -0.170. The minimum Gasteiger partial charge on any atom is -0.389 e. The second kappa shape index (κ2) is 4.89. The molecule has 0 amide bonds. The predicted octanol–water partition coefficient (Wildman–Crippen LogP) is 4.59. The molecule has 4 saturated carbocycles. The first-order valence-electron chi connectivity index (χ1n) is 8.03. The van der Waals surface area contributed by atoms with Gasteiger partial charge in [-0.1, -0.05) is 35.4 Å². The van der Waals surface area contributed by atoms with E-state index in [2.05, 4.69) is 10.0 Å². The highest BCUT2D eigenvalue weighted by atomic mass is 35.5. The van der Waals surface area contributed by atoms with Crippen molar-refractivity contribution in [2.24, 2.45) is 22.9 Å². The van der Waals surface area contributed by atoms with Gasteiger partial charge in [0.1, 0.15) is 0 Å². The van der Waals surface area contributed by atoms with E-state index in [0.29, 0.717) is 18.3 Å². The molecular weight excluding hydrogens is 298 g/mol. The summed E-state index contributed by atoms with van der Waals surface area (Å²) in [6.07, 6.45) is 4.49. The maximum absolute atomic E-state index is 11.3. The van der Waals surface area contributed by atoms with Crippen molar-refractivity contribution in [3.8, 4) is 0 Å². The van der Waals surface area contributed by atoms with E-state index in [9.17, 15) is 5.11 Å². The van der Waals surface area contributed by atoms with Crippen LogP contribution in [0.1, 0.15) is 43.7 Å². The Kier molecular flexibility index (Phi) is 3.19. The van der Waals surface area contributed by atoms with E-state index in [0.717, 1.165) is 31.2 Å². The highest BCUT2D eigenvalue weighted by molar-refractivity contribution is 6.24. The number of rotatable bonds is 3. The van der Waals surface area contributed by atoms with Gasteiger partial charge in [0.2, 0.25) is 0 Å². The van der Waals surface area contributed by atoms with Gasteiger partial charge in [-0.25, -0.2) is 0 Å². The Balaban J connectivity index is 1.76. The van der Waals surface area contributed by atoms with Gasteiger partial charge in [-0.15, -0.1) is 11.6 Å². The molecule has 0 aromatic heterocycles. The van der Waals surface area contributed by atoms with Crippen molar-refractivity contribution in [3.63, 3.8) is 0 Å². The second-order valence-corrected chi connectivity index (χ2v) is 8.29. The summed E-state index contributed by atoms with van der Waals surface area (Å²) in [5.41, 5.74) is 9.24. The molecule has 4 fully saturated rings. The van der Waals surface area contributed by atoms with Gasteiger partial charge in [0, 0.05) is 15.7 Å². The Morgan fingerprint density at radius 2 is 2.05 bits per heavy atom. The third-order valence-corrected chi connectivity index (χ3v) is 6.41. The maximum Gasteiger partial charge on any atom is 0.0705 e. The number of azide groups is 1. The molecule has 5 rings (SSSR count). The molecule has 4 aliphatic carbocycles. The fraction of sp³-hybridized carbons (Fsp3) is 0.647. The fourth-order valence-corrected chi connectivity index (χ4v) is 6.30. The van der Waals surface area contributed by atoms with Crippen LogP contribution >= 0.6 is 11.6 Å². The molecule has 0 saturated heterocycles. The van der Waals surface area contributed by atoms with Crippen molar-refractivity contribution in [2.45, 2.75) is 48.6 Å². The predicted molar refractivity (Wildman–Crippen MR) is 85.4 cm³/mol. The molecule has 4 bridgehead atoms. The lowest BCUT2D eigenvalue weighted by atomic mass is 9.47. The molecule has 5 heteroatoms. The van der Waals surface area contributed by atoms with Crippen molar-refractivity contribution in [3.05, 3.63) is 46.3 Å². The summed E-state index contributed by atoms with van der Waals surface area (Å²) in [5.74, 6) is 0.849. The summed E-state index contributed by atoms with van der Waals surface area (Å²) < 4.78 is 0. The van der Waals surface area contributed by atoms with Crippen LogP contribution in [0.15, 0.2) is 35.4 Å². The smallest absolute Gasteiger partial charge is 0.0705 e. The number of halogens is 1. The van der Waals surface area contributed by atoms with E-state index in [1.165, 1.54) is 0 Å². The van der Waals surface area contributed by atoms with Crippen LogP contribution in [0.4, 0.5) is 0 Å². The number of hydrogen-bond donors (Lipinski definition) is 1. The third-order valence-electron chi connectivity index (χ3n) is 5.97. The number of benzene rings is 1. The number of alkyl halides is 1. The second-order valence-electron chi connectivity index (χ2n) is 7.49. The van der Waals surface area contributed by atoms with Crippen molar-refractivity contribution in [1.82, 2.24) is 0 Å². The van der Waals surface area contributed by atoms with Crippen LogP contribution in [0.2, 0.25) is 0 Å². The van der Waals surface area contributed by atoms with Gasteiger partial charge in [-0.05, 0) is 55.0 Å². The van der Waals surface area contributed by atoms with Gasteiger partial charge in [0.15, 0.2) is 0 Å². The maximum atomic E-state index is 11.3. The SMILES string of the molecule is [N-]=[N+]=NC(c1ccccc1)C1C2CC3CC(Cl)(C2)CC1(O)C3. The molecule has 1 aromatic carbocycles. The standard InChI is InChI=1S/C17H20ClN3O/c18-16-7-11-6-13(9-16)14(17(22,8-11)10-16)15(20-21-19)12-4-2-1-3-5-12/h1-5,11,13-15,22H,6-10H2. The molecule has 1 aromatic rings. The van der Waals surface area contributed by atoms with Crippen LogP contribution in [0.5, 0.6) is 0 Å². The highest BCUT2D eigenvalue weighted by Gasteiger charge is 2.63. The normalized spacial score (nSPS) is 43.6. The molecule has 0 spiro atoms. The van der Waals surface area contributed by atoms with Gasteiger partial charge in [0.05, 0.1) is 11.6 Å². The third kappa shape index (κ3) is 2.13. The average Bonchev–Trinajstić information content (AvgIpc) is 2.44. The first-order chi connectivity index (χ1) is 10.5. The van der Waals surface area contributed by atoms with Gasteiger partial charge in [0.25, 0.3) is 0 Å². The minimum atomic E-state index is -0.791. The lowest BCUT2D eigenvalue weighted by Gasteiger charge is -2.63. The van der Waals surface area contributed by atoms with Crippen LogP contribution in [-0.2, 0) is 0 Å². The van der Waals surface area contributed by atoms with Crippen molar-refractivity contribution < 1.29 is 5.11 Å². The minimum absolute atomic E-state index is 0.0192. The van der Waals surface area contributed by atoms with Gasteiger partial charge in [-0.3, -0.25) is 0 Å². The quantitative estimate of drug-likeness (QED) is 0.377. The van der Waals surface area contributed by atoms with E-state index in [-0.39, 0.29) is 16.8 Å². The molecule has 116 valence electrons. The van der Waals surface area contributed by atoms with Crippen LogP contribution < -0.4 is 0 Å². The zero-order valence-electron chi connectivity index (χ0n) is 12.4.